The van der Waals surface area contributed by atoms with Gasteiger partial charge in [-0.3, -0.25) is 9.10 Å². The van der Waals surface area contributed by atoms with E-state index in [2.05, 4.69) is 0 Å². The molecule has 0 radical (unpaired) electrons. The lowest BCUT2D eigenvalue weighted by Crippen LogP contribution is -2.37. The van der Waals surface area contributed by atoms with Gasteiger partial charge in [0.1, 0.15) is 5.75 Å². The maximum Gasteiger partial charge on any atom is 0.264 e. The second kappa shape index (κ2) is 10.3. The largest absolute Gasteiger partial charge is 0.497 e. The van der Waals surface area contributed by atoms with Gasteiger partial charge in [-0.25, -0.2) is 8.42 Å². The summed E-state index contributed by atoms with van der Waals surface area (Å²) < 4.78 is 34.3. The third-order valence-corrected chi connectivity index (χ3v) is 8.19. The van der Waals surface area contributed by atoms with Crippen LogP contribution in [0.1, 0.15) is 41.6 Å². The molecule has 34 heavy (non-hydrogen) atoms. The standard InChI is InChI=1S/C27H30N2O4S/c1-28(22-12-6-7-13-22)27(30)25-14-8-9-15-26(25)29(20-21-10-4-3-5-11-21)34(31,32)24-18-16-23(33-2)17-19-24/h3-5,8-11,14-19,22H,6-7,12-13,20H2,1-2H3. The Hall–Kier alpha value is -3.32. The van der Waals surface area contributed by atoms with Crippen LogP contribution in [0.5, 0.6) is 5.75 Å². The first-order chi connectivity index (χ1) is 16.4. The first kappa shape index (κ1) is 23.8. The highest BCUT2D eigenvalue weighted by molar-refractivity contribution is 7.92. The van der Waals surface area contributed by atoms with E-state index >= 15 is 0 Å². The summed E-state index contributed by atoms with van der Waals surface area (Å²) in [5.41, 5.74) is 1.58. The lowest BCUT2D eigenvalue weighted by atomic mass is 10.1. The molecule has 0 saturated heterocycles. The molecule has 1 fully saturated rings. The van der Waals surface area contributed by atoms with Crippen LogP contribution in [-0.4, -0.2) is 39.4 Å². The van der Waals surface area contributed by atoms with Crippen molar-refractivity contribution in [2.45, 2.75) is 43.2 Å². The Morgan fingerprint density at radius 1 is 0.912 bits per heavy atom. The Balaban J connectivity index is 1.78. The number of nitrogens with zero attached hydrogens (tertiary/aromatic N) is 2. The second-order valence-corrected chi connectivity index (χ2v) is 10.4. The van der Waals surface area contributed by atoms with Crippen LogP contribution in [0.15, 0.2) is 83.8 Å². The summed E-state index contributed by atoms with van der Waals surface area (Å²) in [6.45, 7) is 0.104. The van der Waals surface area contributed by atoms with Gasteiger partial charge in [-0.05, 0) is 54.8 Å². The van der Waals surface area contributed by atoms with Crippen LogP contribution in [-0.2, 0) is 16.6 Å². The number of hydrogen-bond acceptors (Lipinski definition) is 4. The number of ether oxygens (including phenoxy) is 1. The number of hydrogen-bond donors (Lipinski definition) is 0. The van der Waals surface area contributed by atoms with Gasteiger partial charge >= 0.3 is 0 Å². The van der Waals surface area contributed by atoms with Gasteiger partial charge in [0.15, 0.2) is 0 Å². The summed E-state index contributed by atoms with van der Waals surface area (Å²) in [5, 5.41) is 0. The molecule has 3 aromatic rings. The molecule has 1 saturated carbocycles. The van der Waals surface area contributed by atoms with Gasteiger partial charge in [0.2, 0.25) is 0 Å². The van der Waals surface area contributed by atoms with Crippen molar-refractivity contribution >= 4 is 21.6 Å². The monoisotopic (exact) mass is 478 g/mol. The minimum atomic E-state index is -3.97. The zero-order valence-corrected chi connectivity index (χ0v) is 20.4. The molecule has 0 bridgehead atoms. The normalized spacial score (nSPS) is 14.1. The average Bonchev–Trinajstić information content (AvgIpc) is 3.42. The molecule has 3 aromatic carbocycles. The molecule has 4 rings (SSSR count). The van der Waals surface area contributed by atoms with E-state index < -0.39 is 10.0 Å². The van der Waals surface area contributed by atoms with E-state index in [4.69, 9.17) is 4.74 Å². The molecule has 178 valence electrons. The number of benzene rings is 3. The molecule has 0 unspecified atom stereocenters. The minimum Gasteiger partial charge on any atom is -0.497 e. The Labute approximate surface area is 201 Å². The van der Waals surface area contributed by atoms with Crippen LogP contribution in [0.25, 0.3) is 0 Å². The summed E-state index contributed by atoms with van der Waals surface area (Å²) in [5.74, 6) is 0.410. The quantitative estimate of drug-likeness (QED) is 0.452. The number of carbonyl (C=O) groups is 1. The van der Waals surface area contributed by atoms with Crippen molar-refractivity contribution in [1.82, 2.24) is 4.90 Å². The Kier molecular flexibility index (Phi) is 7.22. The molecule has 0 heterocycles. The highest BCUT2D eigenvalue weighted by atomic mass is 32.2. The van der Waals surface area contributed by atoms with E-state index in [1.165, 1.54) is 23.5 Å². The third kappa shape index (κ3) is 4.94. The number of rotatable bonds is 8. The van der Waals surface area contributed by atoms with Crippen molar-refractivity contribution in [1.29, 1.82) is 0 Å². The number of carbonyl (C=O) groups excluding carboxylic acids is 1. The van der Waals surface area contributed by atoms with Crippen LogP contribution in [0.2, 0.25) is 0 Å². The summed E-state index contributed by atoms with van der Waals surface area (Å²) in [4.78, 5) is 15.4. The fraction of sp³-hybridized carbons (Fsp3) is 0.296. The minimum absolute atomic E-state index is 0.104. The maximum absolute atomic E-state index is 13.9. The van der Waals surface area contributed by atoms with Crippen LogP contribution < -0.4 is 9.04 Å². The van der Waals surface area contributed by atoms with Gasteiger partial charge in [0.25, 0.3) is 15.9 Å². The van der Waals surface area contributed by atoms with Crippen molar-refractivity contribution in [3.63, 3.8) is 0 Å². The van der Waals surface area contributed by atoms with E-state index in [1.54, 1.807) is 41.3 Å². The second-order valence-electron chi connectivity index (χ2n) is 8.54. The van der Waals surface area contributed by atoms with E-state index in [9.17, 15) is 13.2 Å². The SMILES string of the molecule is COc1ccc(S(=O)(=O)N(Cc2ccccc2)c2ccccc2C(=O)N(C)C2CCCC2)cc1. The Bertz CT molecular complexity index is 1220. The number of para-hydroxylation sites is 1. The fourth-order valence-corrected chi connectivity index (χ4v) is 5.91. The van der Waals surface area contributed by atoms with Crippen LogP contribution in [0, 0.1) is 0 Å². The van der Waals surface area contributed by atoms with E-state index in [0.717, 1.165) is 31.2 Å². The highest BCUT2D eigenvalue weighted by Crippen LogP contribution is 2.32. The van der Waals surface area contributed by atoms with E-state index in [1.807, 2.05) is 37.4 Å². The van der Waals surface area contributed by atoms with Crippen molar-refractivity contribution in [3.05, 3.63) is 90.0 Å². The number of anilines is 1. The maximum atomic E-state index is 13.9. The van der Waals surface area contributed by atoms with E-state index in [0.29, 0.717) is 17.0 Å². The molecule has 1 aliphatic carbocycles. The van der Waals surface area contributed by atoms with Gasteiger partial charge in [0.05, 0.1) is 29.8 Å². The van der Waals surface area contributed by atoms with Gasteiger partial charge in [-0.2, -0.15) is 0 Å². The molecule has 0 aliphatic heterocycles. The van der Waals surface area contributed by atoms with Gasteiger partial charge in [-0.15, -0.1) is 0 Å². The molecule has 1 amide bonds. The smallest absolute Gasteiger partial charge is 0.264 e. The molecule has 0 aromatic heterocycles. The summed E-state index contributed by atoms with van der Waals surface area (Å²) in [6, 6.07) is 22.8. The molecule has 1 aliphatic rings. The highest BCUT2D eigenvalue weighted by Gasteiger charge is 2.31. The molecule has 0 spiro atoms. The van der Waals surface area contributed by atoms with Crippen LogP contribution in [0.3, 0.4) is 0 Å². The first-order valence-corrected chi connectivity index (χ1v) is 12.9. The van der Waals surface area contributed by atoms with Gasteiger partial charge in [0, 0.05) is 13.1 Å². The van der Waals surface area contributed by atoms with E-state index in [-0.39, 0.29) is 23.4 Å². The van der Waals surface area contributed by atoms with Gasteiger partial charge < -0.3 is 9.64 Å². The number of sulfonamides is 1. The Morgan fingerprint density at radius 3 is 2.18 bits per heavy atom. The Morgan fingerprint density at radius 2 is 1.53 bits per heavy atom. The summed E-state index contributed by atoms with van der Waals surface area (Å²) in [6.07, 6.45) is 4.16. The average molecular weight is 479 g/mol. The van der Waals surface area contributed by atoms with Crippen LogP contribution >= 0.6 is 0 Å². The number of amides is 1. The lowest BCUT2D eigenvalue weighted by Gasteiger charge is -2.29. The first-order valence-electron chi connectivity index (χ1n) is 11.5. The zero-order valence-electron chi connectivity index (χ0n) is 19.6. The molecular formula is C27H30N2O4S. The summed E-state index contributed by atoms with van der Waals surface area (Å²) >= 11 is 0. The molecular weight excluding hydrogens is 448 g/mol. The molecule has 0 N–H and O–H groups in total. The van der Waals surface area contributed by atoms with Crippen LogP contribution in [0.4, 0.5) is 5.69 Å². The predicted molar refractivity (Wildman–Crippen MR) is 134 cm³/mol. The van der Waals surface area contributed by atoms with Crippen molar-refractivity contribution in [2.75, 3.05) is 18.5 Å². The van der Waals surface area contributed by atoms with Gasteiger partial charge in [-0.1, -0.05) is 55.3 Å². The molecule has 6 nitrogen and oxygen atoms in total. The molecule has 7 heteroatoms. The molecule has 0 atom stereocenters. The lowest BCUT2D eigenvalue weighted by molar-refractivity contribution is 0.0736. The zero-order chi connectivity index (χ0) is 24.1. The van der Waals surface area contributed by atoms with Crippen molar-refractivity contribution in [3.8, 4) is 5.75 Å². The number of methoxy groups -OCH3 is 1. The third-order valence-electron chi connectivity index (χ3n) is 6.41. The van der Waals surface area contributed by atoms with Crippen molar-refractivity contribution < 1.29 is 17.9 Å². The van der Waals surface area contributed by atoms with Crippen molar-refractivity contribution in [2.24, 2.45) is 0 Å². The predicted octanol–water partition coefficient (Wildman–Crippen LogP) is 5.11. The fourth-order valence-electron chi connectivity index (χ4n) is 4.44. The topological polar surface area (TPSA) is 66.9 Å². The summed E-state index contributed by atoms with van der Waals surface area (Å²) in [7, 11) is -0.621.